The third kappa shape index (κ3) is 3.42. The van der Waals surface area contributed by atoms with Crippen molar-refractivity contribution < 1.29 is 14.3 Å². The van der Waals surface area contributed by atoms with E-state index in [2.05, 4.69) is 4.98 Å². The summed E-state index contributed by atoms with van der Waals surface area (Å²) < 4.78 is 10.9. The summed E-state index contributed by atoms with van der Waals surface area (Å²) in [5, 5.41) is 1.03. The van der Waals surface area contributed by atoms with Crippen LogP contribution in [-0.2, 0) is 11.3 Å². The van der Waals surface area contributed by atoms with Gasteiger partial charge in [0.2, 0.25) is 0 Å². The van der Waals surface area contributed by atoms with Gasteiger partial charge in [-0.3, -0.25) is 0 Å². The number of aromatic amines is 1. The Bertz CT molecular complexity index is 1070. The number of hydrogen-bond donors (Lipinski definition) is 1. The molecule has 0 bridgehead atoms. The molecule has 0 fully saturated rings. The molecule has 0 unspecified atom stereocenters. The molecule has 1 heterocycles. The number of methoxy groups -OCH3 is 1. The number of fused-ring (bicyclic) bond motifs is 1. The van der Waals surface area contributed by atoms with E-state index in [0.29, 0.717) is 12.2 Å². The minimum Gasteiger partial charge on any atom is -0.488 e. The summed E-state index contributed by atoms with van der Waals surface area (Å²) >= 11 is 0. The molecular formula is C23H19NO3. The van der Waals surface area contributed by atoms with E-state index in [1.54, 1.807) is 12.1 Å². The average molecular weight is 357 g/mol. The van der Waals surface area contributed by atoms with Gasteiger partial charge in [0.1, 0.15) is 12.4 Å². The number of ether oxygens (including phenoxy) is 2. The molecule has 0 spiro atoms. The summed E-state index contributed by atoms with van der Waals surface area (Å²) in [6.07, 6.45) is 1.97. The number of esters is 1. The predicted molar refractivity (Wildman–Crippen MR) is 106 cm³/mol. The molecule has 134 valence electrons. The van der Waals surface area contributed by atoms with Gasteiger partial charge in [0, 0.05) is 22.7 Å². The second kappa shape index (κ2) is 7.38. The van der Waals surface area contributed by atoms with Crippen molar-refractivity contribution in [1.82, 2.24) is 4.98 Å². The summed E-state index contributed by atoms with van der Waals surface area (Å²) in [4.78, 5) is 15.0. The first-order chi connectivity index (χ1) is 13.3. The second-order valence-electron chi connectivity index (χ2n) is 6.22. The van der Waals surface area contributed by atoms with Crippen LogP contribution in [0.3, 0.4) is 0 Å². The first-order valence-electron chi connectivity index (χ1n) is 8.72. The van der Waals surface area contributed by atoms with E-state index < -0.39 is 0 Å². The van der Waals surface area contributed by atoms with Gasteiger partial charge < -0.3 is 14.5 Å². The lowest BCUT2D eigenvalue weighted by Gasteiger charge is -2.10. The SMILES string of the molecule is COC(=O)c1ccc(-c2c[nH]c3cccc(OCc4ccccc4)c23)cc1. The molecule has 4 nitrogen and oxygen atoms in total. The van der Waals surface area contributed by atoms with Gasteiger partial charge in [0.25, 0.3) is 0 Å². The molecular weight excluding hydrogens is 338 g/mol. The quantitative estimate of drug-likeness (QED) is 0.499. The largest absolute Gasteiger partial charge is 0.488 e. The molecule has 0 amide bonds. The van der Waals surface area contributed by atoms with E-state index in [1.807, 2.05) is 66.9 Å². The number of rotatable bonds is 5. The topological polar surface area (TPSA) is 51.3 Å². The fourth-order valence-electron chi connectivity index (χ4n) is 3.14. The molecule has 3 aromatic carbocycles. The maximum Gasteiger partial charge on any atom is 0.337 e. The van der Waals surface area contributed by atoms with Crippen LogP contribution in [0.2, 0.25) is 0 Å². The van der Waals surface area contributed by atoms with E-state index >= 15 is 0 Å². The van der Waals surface area contributed by atoms with Crippen molar-refractivity contribution in [3.63, 3.8) is 0 Å². The zero-order valence-electron chi connectivity index (χ0n) is 14.9. The first-order valence-corrected chi connectivity index (χ1v) is 8.72. The van der Waals surface area contributed by atoms with Gasteiger partial charge in [-0.1, -0.05) is 48.5 Å². The lowest BCUT2D eigenvalue weighted by molar-refractivity contribution is 0.0601. The fourth-order valence-corrected chi connectivity index (χ4v) is 3.14. The minimum atomic E-state index is -0.340. The summed E-state index contributed by atoms with van der Waals surface area (Å²) in [5.41, 5.74) is 4.69. The van der Waals surface area contributed by atoms with Gasteiger partial charge in [0.15, 0.2) is 0 Å². The van der Waals surface area contributed by atoms with Crippen molar-refractivity contribution in [2.75, 3.05) is 7.11 Å². The smallest absolute Gasteiger partial charge is 0.337 e. The van der Waals surface area contributed by atoms with Crippen molar-refractivity contribution in [2.45, 2.75) is 6.61 Å². The van der Waals surface area contributed by atoms with Gasteiger partial charge in [-0.05, 0) is 35.4 Å². The van der Waals surface area contributed by atoms with Crippen LogP contribution in [0.5, 0.6) is 5.75 Å². The number of nitrogens with one attached hydrogen (secondary N) is 1. The maximum absolute atomic E-state index is 11.6. The minimum absolute atomic E-state index is 0.340. The van der Waals surface area contributed by atoms with Crippen molar-refractivity contribution in [3.05, 3.63) is 90.1 Å². The number of benzene rings is 3. The molecule has 4 aromatic rings. The monoisotopic (exact) mass is 357 g/mol. The summed E-state index contributed by atoms with van der Waals surface area (Å²) in [6, 6.07) is 23.5. The van der Waals surface area contributed by atoms with E-state index in [-0.39, 0.29) is 5.97 Å². The maximum atomic E-state index is 11.6. The van der Waals surface area contributed by atoms with Crippen molar-refractivity contribution in [2.24, 2.45) is 0 Å². The van der Waals surface area contributed by atoms with Crippen molar-refractivity contribution in [3.8, 4) is 16.9 Å². The number of carbonyl (C=O) groups excluding carboxylic acids is 1. The number of hydrogen-bond acceptors (Lipinski definition) is 3. The van der Waals surface area contributed by atoms with E-state index in [0.717, 1.165) is 33.3 Å². The van der Waals surface area contributed by atoms with E-state index in [4.69, 9.17) is 9.47 Å². The highest BCUT2D eigenvalue weighted by atomic mass is 16.5. The Labute approximate surface area is 157 Å². The Balaban J connectivity index is 1.68. The lowest BCUT2D eigenvalue weighted by Crippen LogP contribution is -2.00. The van der Waals surface area contributed by atoms with Crippen molar-refractivity contribution >= 4 is 16.9 Å². The number of aromatic nitrogens is 1. The highest BCUT2D eigenvalue weighted by molar-refractivity contribution is 6.00. The molecule has 27 heavy (non-hydrogen) atoms. The second-order valence-corrected chi connectivity index (χ2v) is 6.22. The predicted octanol–water partition coefficient (Wildman–Crippen LogP) is 5.20. The molecule has 1 aromatic heterocycles. The highest BCUT2D eigenvalue weighted by Gasteiger charge is 2.13. The van der Waals surface area contributed by atoms with Crippen LogP contribution in [0, 0.1) is 0 Å². The van der Waals surface area contributed by atoms with Crippen LogP contribution < -0.4 is 4.74 Å². The summed E-state index contributed by atoms with van der Waals surface area (Å²) in [6.45, 7) is 0.506. The molecule has 4 heteroatoms. The Morgan fingerprint density at radius 2 is 1.70 bits per heavy atom. The standard InChI is InChI=1S/C23H19NO3/c1-26-23(25)18-12-10-17(11-13-18)19-14-24-20-8-5-9-21(22(19)20)27-15-16-6-3-2-4-7-16/h2-14,24H,15H2,1H3. The molecule has 1 N–H and O–H groups in total. The van der Waals surface area contributed by atoms with Gasteiger partial charge in [-0.2, -0.15) is 0 Å². The number of H-pyrrole nitrogens is 1. The molecule has 4 rings (SSSR count). The third-order valence-corrected chi connectivity index (χ3v) is 4.52. The average Bonchev–Trinajstić information content (AvgIpc) is 3.17. The zero-order chi connectivity index (χ0) is 18.6. The Morgan fingerprint density at radius 1 is 0.926 bits per heavy atom. The molecule has 0 radical (unpaired) electrons. The lowest BCUT2D eigenvalue weighted by atomic mass is 10.0. The summed E-state index contributed by atoms with van der Waals surface area (Å²) in [5.74, 6) is 0.483. The van der Waals surface area contributed by atoms with Crippen molar-refractivity contribution in [1.29, 1.82) is 0 Å². The van der Waals surface area contributed by atoms with Crippen LogP contribution in [0.4, 0.5) is 0 Å². The molecule has 0 saturated heterocycles. The fraction of sp³-hybridized carbons (Fsp3) is 0.0870. The Hall–Kier alpha value is -3.53. The van der Waals surface area contributed by atoms with Crippen LogP contribution in [0.15, 0.2) is 79.0 Å². The van der Waals surface area contributed by atoms with Gasteiger partial charge in [-0.15, -0.1) is 0 Å². The van der Waals surface area contributed by atoms with E-state index in [9.17, 15) is 4.79 Å². The van der Waals surface area contributed by atoms with E-state index in [1.165, 1.54) is 7.11 Å². The number of carbonyl (C=O) groups is 1. The van der Waals surface area contributed by atoms with Crippen LogP contribution in [0.25, 0.3) is 22.0 Å². The van der Waals surface area contributed by atoms with Gasteiger partial charge >= 0.3 is 5.97 Å². The Morgan fingerprint density at radius 3 is 2.44 bits per heavy atom. The normalized spacial score (nSPS) is 10.7. The van der Waals surface area contributed by atoms with Crippen LogP contribution in [0.1, 0.15) is 15.9 Å². The Kier molecular flexibility index (Phi) is 4.62. The van der Waals surface area contributed by atoms with Gasteiger partial charge in [-0.25, -0.2) is 4.79 Å². The first kappa shape index (κ1) is 16.9. The molecule has 0 atom stereocenters. The third-order valence-electron chi connectivity index (χ3n) is 4.52. The van der Waals surface area contributed by atoms with Crippen LogP contribution in [-0.4, -0.2) is 18.1 Å². The molecule has 0 aliphatic carbocycles. The van der Waals surface area contributed by atoms with Gasteiger partial charge in [0.05, 0.1) is 12.7 Å². The van der Waals surface area contributed by atoms with Crippen LogP contribution >= 0.6 is 0 Å². The summed E-state index contributed by atoms with van der Waals surface area (Å²) in [7, 11) is 1.38. The molecule has 0 aliphatic rings. The zero-order valence-corrected chi connectivity index (χ0v) is 14.9. The molecule has 0 aliphatic heterocycles. The highest BCUT2D eigenvalue weighted by Crippen LogP contribution is 2.35. The molecule has 0 saturated carbocycles.